The SMILES string of the molecule is CN(CCC(=O)O)C(=O)NCC1CCN(c2cccc(Br)c2)C1. The zero-order valence-electron chi connectivity index (χ0n) is 13.2. The van der Waals surface area contributed by atoms with Gasteiger partial charge in [-0.05, 0) is 30.5 Å². The standard InChI is InChI=1S/C16H22BrN3O3/c1-19(7-6-15(21)22)16(23)18-10-12-5-8-20(11-12)14-4-2-3-13(17)9-14/h2-4,9,12H,5-8,10-11H2,1H3,(H,18,23)(H,21,22). The Labute approximate surface area is 144 Å². The van der Waals surface area contributed by atoms with E-state index in [1.54, 1.807) is 7.05 Å². The van der Waals surface area contributed by atoms with Crippen molar-refractivity contribution in [3.63, 3.8) is 0 Å². The first kappa shape index (κ1) is 17.6. The van der Waals surface area contributed by atoms with E-state index in [1.165, 1.54) is 10.6 Å². The molecule has 1 atom stereocenters. The third-order valence-corrected chi connectivity index (χ3v) is 4.50. The second-order valence-corrected chi connectivity index (χ2v) is 6.75. The topological polar surface area (TPSA) is 72.9 Å². The molecule has 2 amide bonds. The summed E-state index contributed by atoms with van der Waals surface area (Å²) in [5, 5.41) is 11.5. The largest absolute Gasteiger partial charge is 0.481 e. The fourth-order valence-corrected chi connectivity index (χ4v) is 3.03. The number of amides is 2. The van der Waals surface area contributed by atoms with Crippen molar-refractivity contribution in [1.29, 1.82) is 0 Å². The second kappa shape index (κ2) is 8.19. The number of carboxylic acids is 1. The number of benzene rings is 1. The van der Waals surface area contributed by atoms with Gasteiger partial charge >= 0.3 is 12.0 Å². The van der Waals surface area contributed by atoms with Crippen LogP contribution in [0.3, 0.4) is 0 Å². The lowest BCUT2D eigenvalue weighted by molar-refractivity contribution is -0.137. The van der Waals surface area contributed by atoms with Crippen molar-refractivity contribution < 1.29 is 14.7 Å². The van der Waals surface area contributed by atoms with Gasteiger partial charge in [0.2, 0.25) is 0 Å². The molecule has 0 aromatic heterocycles. The molecule has 0 spiro atoms. The zero-order chi connectivity index (χ0) is 16.8. The predicted octanol–water partition coefficient (Wildman–Crippen LogP) is 2.39. The molecule has 0 aliphatic carbocycles. The van der Waals surface area contributed by atoms with Crippen molar-refractivity contribution >= 4 is 33.6 Å². The van der Waals surface area contributed by atoms with Crippen LogP contribution in [0.5, 0.6) is 0 Å². The number of carbonyl (C=O) groups is 2. The van der Waals surface area contributed by atoms with Crippen LogP contribution in [0.1, 0.15) is 12.8 Å². The van der Waals surface area contributed by atoms with Crippen molar-refractivity contribution in [2.24, 2.45) is 5.92 Å². The van der Waals surface area contributed by atoms with Gasteiger partial charge in [0.1, 0.15) is 0 Å². The predicted molar refractivity (Wildman–Crippen MR) is 92.7 cm³/mol. The highest BCUT2D eigenvalue weighted by atomic mass is 79.9. The first-order valence-electron chi connectivity index (χ1n) is 7.67. The Morgan fingerprint density at radius 2 is 2.26 bits per heavy atom. The Hall–Kier alpha value is -1.76. The van der Waals surface area contributed by atoms with Gasteiger partial charge in [0.25, 0.3) is 0 Å². The summed E-state index contributed by atoms with van der Waals surface area (Å²) in [4.78, 5) is 26.2. The van der Waals surface area contributed by atoms with Gasteiger partial charge in [0.15, 0.2) is 0 Å². The van der Waals surface area contributed by atoms with Gasteiger partial charge in [-0.15, -0.1) is 0 Å². The molecule has 1 unspecified atom stereocenters. The number of aliphatic carboxylic acids is 1. The number of nitrogens with one attached hydrogen (secondary N) is 1. The number of nitrogens with zero attached hydrogens (tertiary/aromatic N) is 2. The van der Waals surface area contributed by atoms with Gasteiger partial charge < -0.3 is 20.2 Å². The molecule has 0 radical (unpaired) electrons. The highest BCUT2D eigenvalue weighted by molar-refractivity contribution is 9.10. The highest BCUT2D eigenvalue weighted by Crippen LogP contribution is 2.25. The van der Waals surface area contributed by atoms with Crippen LogP contribution in [0.25, 0.3) is 0 Å². The first-order valence-corrected chi connectivity index (χ1v) is 8.46. The maximum atomic E-state index is 11.9. The molecule has 1 aromatic rings. The highest BCUT2D eigenvalue weighted by Gasteiger charge is 2.23. The quantitative estimate of drug-likeness (QED) is 0.790. The minimum atomic E-state index is -0.898. The van der Waals surface area contributed by atoms with E-state index in [1.807, 2.05) is 12.1 Å². The average molecular weight is 384 g/mol. The van der Waals surface area contributed by atoms with Crippen LogP contribution in [-0.4, -0.2) is 55.2 Å². The summed E-state index contributed by atoms with van der Waals surface area (Å²) in [6, 6.07) is 7.99. The lowest BCUT2D eigenvalue weighted by Gasteiger charge is -2.20. The van der Waals surface area contributed by atoms with Crippen LogP contribution in [0, 0.1) is 5.92 Å². The maximum Gasteiger partial charge on any atom is 0.317 e. The average Bonchev–Trinajstić information content (AvgIpc) is 2.99. The molecule has 2 rings (SSSR count). The number of rotatable bonds is 6. The van der Waals surface area contributed by atoms with Gasteiger partial charge in [0, 0.05) is 43.4 Å². The number of hydrogen-bond donors (Lipinski definition) is 2. The van der Waals surface area contributed by atoms with Gasteiger partial charge in [-0.2, -0.15) is 0 Å². The van der Waals surface area contributed by atoms with Crippen LogP contribution < -0.4 is 10.2 Å². The van der Waals surface area contributed by atoms with Crippen molar-refractivity contribution in [2.75, 3.05) is 38.1 Å². The lowest BCUT2D eigenvalue weighted by Crippen LogP contribution is -2.40. The molecule has 1 fully saturated rings. The minimum absolute atomic E-state index is 0.0377. The van der Waals surface area contributed by atoms with Gasteiger partial charge in [0.05, 0.1) is 6.42 Å². The van der Waals surface area contributed by atoms with Crippen LogP contribution in [-0.2, 0) is 4.79 Å². The van der Waals surface area contributed by atoms with E-state index >= 15 is 0 Å². The Kier molecular flexibility index (Phi) is 6.27. The molecule has 1 saturated heterocycles. The second-order valence-electron chi connectivity index (χ2n) is 5.83. The van der Waals surface area contributed by atoms with Crippen molar-refractivity contribution in [3.8, 4) is 0 Å². The van der Waals surface area contributed by atoms with E-state index in [2.05, 4.69) is 38.3 Å². The number of carbonyl (C=O) groups excluding carboxylic acids is 1. The lowest BCUT2D eigenvalue weighted by atomic mass is 10.1. The summed E-state index contributed by atoms with van der Waals surface area (Å²) in [6.45, 7) is 2.72. The van der Waals surface area contributed by atoms with E-state index in [4.69, 9.17) is 5.11 Å². The van der Waals surface area contributed by atoms with Gasteiger partial charge in [-0.3, -0.25) is 4.79 Å². The fraction of sp³-hybridized carbons (Fsp3) is 0.500. The van der Waals surface area contributed by atoms with Crippen molar-refractivity contribution in [2.45, 2.75) is 12.8 Å². The van der Waals surface area contributed by atoms with Crippen molar-refractivity contribution in [3.05, 3.63) is 28.7 Å². The summed E-state index contributed by atoms with van der Waals surface area (Å²) in [7, 11) is 1.61. The van der Waals surface area contributed by atoms with Gasteiger partial charge in [-0.25, -0.2) is 4.79 Å². The number of anilines is 1. The van der Waals surface area contributed by atoms with E-state index in [-0.39, 0.29) is 19.0 Å². The minimum Gasteiger partial charge on any atom is -0.481 e. The fourth-order valence-electron chi connectivity index (χ4n) is 2.64. The molecule has 1 aliphatic heterocycles. The molecule has 126 valence electrons. The maximum absolute atomic E-state index is 11.9. The molecule has 7 heteroatoms. The van der Waals surface area contributed by atoms with Crippen LogP contribution >= 0.6 is 15.9 Å². The molecular formula is C16H22BrN3O3. The molecule has 6 nitrogen and oxygen atoms in total. The molecule has 1 heterocycles. The molecule has 2 N–H and O–H groups in total. The number of hydrogen-bond acceptors (Lipinski definition) is 3. The van der Waals surface area contributed by atoms with Crippen LogP contribution in [0.4, 0.5) is 10.5 Å². The van der Waals surface area contributed by atoms with Crippen molar-refractivity contribution in [1.82, 2.24) is 10.2 Å². The third kappa shape index (κ3) is 5.42. The Morgan fingerprint density at radius 3 is 2.96 bits per heavy atom. The Balaban J connectivity index is 1.75. The normalized spacial score (nSPS) is 17.1. The smallest absolute Gasteiger partial charge is 0.317 e. The summed E-state index contributed by atoms with van der Waals surface area (Å²) in [5.41, 5.74) is 1.19. The monoisotopic (exact) mass is 383 g/mol. The molecule has 0 bridgehead atoms. The van der Waals surface area contributed by atoms with E-state index in [9.17, 15) is 9.59 Å². The molecule has 23 heavy (non-hydrogen) atoms. The van der Waals surface area contributed by atoms with E-state index in [0.717, 1.165) is 24.0 Å². The Bertz CT molecular complexity index is 567. The summed E-state index contributed by atoms with van der Waals surface area (Å²) < 4.78 is 1.06. The molecule has 0 saturated carbocycles. The number of carboxylic acid groups (broad SMARTS) is 1. The molecule has 1 aliphatic rings. The number of urea groups is 1. The third-order valence-electron chi connectivity index (χ3n) is 4.01. The van der Waals surface area contributed by atoms with Gasteiger partial charge in [-0.1, -0.05) is 22.0 Å². The first-order chi connectivity index (χ1) is 11.0. The summed E-state index contributed by atoms with van der Waals surface area (Å²) in [6.07, 6.45) is 0.996. The van der Waals surface area contributed by atoms with Crippen LogP contribution in [0.2, 0.25) is 0 Å². The molecule has 1 aromatic carbocycles. The molecular weight excluding hydrogens is 362 g/mol. The summed E-state index contributed by atoms with van der Waals surface area (Å²) >= 11 is 3.48. The zero-order valence-corrected chi connectivity index (χ0v) is 14.8. The van der Waals surface area contributed by atoms with E-state index < -0.39 is 5.97 Å². The number of halogens is 1. The van der Waals surface area contributed by atoms with E-state index in [0.29, 0.717) is 12.5 Å². The summed E-state index contributed by atoms with van der Waals surface area (Å²) in [5.74, 6) is -0.490. The Morgan fingerprint density at radius 1 is 1.48 bits per heavy atom. The van der Waals surface area contributed by atoms with Crippen LogP contribution in [0.15, 0.2) is 28.7 Å².